The molecule has 2 amide bonds. The summed E-state index contributed by atoms with van der Waals surface area (Å²) in [6.45, 7) is 11.2. The average molecular weight is 477 g/mol. The normalized spacial score (nSPS) is 12.3. The second-order valence-corrected chi connectivity index (χ2v) is 10.00. The van der Waals surface area contributed by atoms with Crippen LogP contribution >= 0.6 is 23.2 Å². The predicted molar refractivity (Wildman–Crippen MR) is 133 cm³/mol. The zero-order valence-electron chi connectivity index (χ0n) is 19.7. The van der Waals surface area contributed by atoms with Crippen LogP contribution in [0.1, 0.15) is 64.2 Å². The van der Waals surface area contributed by atoms with Crippen molar-refractivity contribution in [2.75, 3.05) is 6.54 Å². The molecule has 2 aromatic rings. The summed E-state index contributed by atoms with van der Waals surface area (Å²) in [5, 5.41) is 3.78. The topological polar surface area (TPSA) is 49.4 Å². The summed E-state index contributed by atoms with van der Waals surface area (Å²) in [4.78, 5) is 27.4. The van der Waals surface area contributed by atoms with E-state index in [2.05, 4.69) is 50.4 Å². The zero-order chi connectivity index (χ0) is 23.9. The van der Waals surface area contributed by atoms with Crippen LogP contribution in [0, 0.1) is 0 Å². The molecule has 0 fully saturated rings. The lowest BCUT2D eigenvalue weighted by molar-refractivity contribution is -0.140. The van der Waals surface area contributed by atoms with E-state index in [1.165, 1.54) is 5.56 Å². The fourth-order valence-electron chi connectivity index (χ4n) is 3.38. The minimum Gasteiger partial charge on any atom is -0.354 e. The molecule has 4 nitrogen and oxygen atoms in total. The third kappa shape index (κ3) is 7.53. The highest BCUT2D eigenvalue weighted by molar-refractivity contribution is 6.42. The molecule has 32 heavy (non-hydrogen) atoms. The quantitative estimate of drug-likeness (QED) is 0.470. The Morgan fingerprint density at radius 1 is 1.00 bits per heavy atom. The van der Waals surface area contributed by atoms with E-state index in [0.29, 0.717) is 36.0 Å². The Kier molecular flexibility index (Phi) is 9.60. The van der Waals surface area contributed by atoms with Crippen molar-refractivity contribution in [3.63, 3.8) is 0 Å². The van der Waals surface area contributed by atoms with Gasteiger partial charge < -0.3 is 10.2 Å². The molecule has 0 saturated heterocycles. The molecule has 0 bridgehead atoms. The lowest BCUT2D eigenvalue weighted by Crippen LogP contribution is -2.47. The molecule has 0 radical (unpaired) electrons. The zero-order valence-corrected chi connectivity index (χ0v) is 21.2. The number of aryl methyl sites for hydroxylation is 1. The first-order chi connectivity index (χ1) is 15.0. The van der Waals surface area contributed by atoms with E-state index in [4.69, 9.17) is 23.2 Å². The first-order valence-electron chi connectivity index (χ1n) is 11.1. The Bertz CT molecular complexity index is 920. The molecule has 2 aromatic carbocycles. The Balaban J connectivity index is 2.15. The minimum absolute atomic E-state index is 0.0740. The highest BCUT2D eigenvalue weighted by Crippen LogP contribution is 2.25. The second-order valence-electron chi connectivity index (χ2n) is 9.18. The van der Waals surface area contributed by atoms with E-state index in [-0.39, 0.29) is 17.2 Å². The summed E-state index contributed by atoms with van der Waals surface area (Å²) in [7, 11) is 0. The monoisotopic (exact) mass is 476 g/mol. The fraction of sp³-hybridized carbons (Fsp3) is 0.462. The van der Waals surface area contributed by atoms with Gasteiger partial charge in [0.05, 0.1) is 10.0 Å². The van der Waals surface area contributed by atoms with Crippen LogP contribution in [0.2, 0.25) is 10.0 Å². The number of rotatable bonds is 9. The van der Waals surface area contributed by atoms with E-state index < -0.39 is 6.04 Å². The van der Waals surface area contributed by atoms with Crippen molar-refractivity contribution in [2.45, 2.75) is 71.9 Å². The van der Waals surface area contributed by atoms with Crippen molar-refractivity contribution in [1.29, 1.82) is 0 Å². The Morgan fingerprint density at radius 2 is 1.62 bits per heavy atom. The van der Waals surface area contributed by atoms with E-state index >= 15 is 0 Å². The maximum Gasteiger partial charge on any atom is 0.242 e. The molecule has 0 aliphatic rings. The third-order valence-corrected chi connectivity index (χ3v) is 6.24. The lowest BCUT2D eigenvalue weighted by Gasteiger charge is -2.29. The van der Waals surface area contributed by atoms with Crippen LogP contribution in [0.25, 0.3) is 0 Å². The van der Waals surface area contributed by atoms with Gasteiger partial charge in [0, 0.05) is 19.5 Å². The molecular formula is C26H34Cl2N2O2. The average Bonchev–Trinajstić information content (AvgIpc) is 2.75. The highest BCUT2D eigenvalue weighted by atomic mass is 35.5. The maximum atomic E-state index is 13.2. The van der Waals surface area contributed by atoms with Crippen molar-refractivity contribution in [1.82, 2.24) is 10.2 Å². The van der Waals surface area contributed by atoms with Gasteiger partial charge >= 0.3 is 0 Å². The van der Waals surface area contributed by atoms with Gasteiger partial charge in [0.15, 0.2) is 0 Å². The summed E-state index contributed by atoms with van der Waals surface area (Å²) < 4.78 is 0. The van der Waals surface area contributed by atoms with E-state index in [9.17, 15) is 9.59 Å². The van der Waals surface area contributed by atoms with Crippen LogP contribution in [-0.2, 0) is 28.0 Å². The van der Waals surface area contributed by atoms with Crippen molar-refractivity contribution < 1.29 is 9.59 Å². The Labute approximate surface area is 202 Å². The van der Waals surface area contributed by atoms with Crippen LogP contribution in [-0.4, -0.2) is 29.3 Å². The van der Waals surface area contributed by atoms with Gasteiger partial charge in [0.1, 0.15) is 6.04 Å². The van der Waals surface area contributed by atoms with Crippen LogP contribution in [0.5, 0.6) is 0 Å². The van der Waals surface area contributed by atoms with E-state index in [1.54, 1.807) is 24.0 Å². The molecule has 0 aromatic heterocycles. The van der Waals surface area contributed by atoms with Crippen molar-refractivity contribution in [3.05, 3.63) is 69.2 Å². The number of carbonyl (C=O) groups excluding carboxylic acids is 2. The van der Waals surface area contributed by atoms with Crippen molar-refractivity contribution in [3.8, 4) is 0 Å². The number of halogens is 2. The molecule has 0 spiro atoms. The molecule has 0 aliphatic carbocycles. The van der Waals surface area contributed by atoms with Gasteiger partial charge in [0.25, 0.3) is 0 Å². The van der Waals surface area contributed by atoms with Crippen LogP contribution in [0.4, 0.5) is 0 Å². The lowest BCUT2D eigenvalue weighted by atomic mass is 9.86. The van der Waals surface area contributed by atoms with Crippen molar-refractivity contribution in [2.24, 2.45) is 0 Å². The first-order valence-corrected chi connectivity index (χ1v) is 11.9. The summed E-state index contributed by atoms with van der Waals surface area (Å²) in [6, 6.07) is 13.1. The second kappa shape index (κ2) is 11.7. The number of hydrogen-bond acceptors (Lipinski definition) is 2. The number of nitrogens with zero attached hydrogens (tertiary/aromatic N) is 1. The smallest absolute Gasteiger partial charge is 0.242 e. The van der Waals surface area contributed by atoms with Gasteiger partial charge in [-0.25, -0.2) is 0 Å². The van der Waals surface area contributed by atoms with Crippen LogP contribution < -0.4 is 5.32 Å². The number of hydrogen-bond donors (Lipinski definition) is 1. The molecule has 1 atom stereocenters. The molecule has 0 saturated carbocycles. The highest BCUT2D eigenvalue weighted by Gasteiger charge is 2.26. The Morgan fingerprint density at radius 3 is 2.19 bits per heavy atom. The molecule has 1 unspecified atom stereocenters. The summed E-state index contributed by atoms with van der Waals surface area (Å²) in [5.41, 5.74) is 3.28. The van der Waals surface area contributed by atoms with Gasteiger partial charge in [-0.1, -0.05) is 81.2 Å². The van der Waals surface area contributed by atoms with Gasteiger partial charge in [-0.3, -0.25) is 9.59 Å². The first kappa shape index (κ1) is 26.2. The summed E-state index contributed by atoms with van der Waals surface area (Å²) in [5.74, 6) is -0.232. The largest absolute Gasteiger partial charge is 0.354 e. The van der Waals surface area contributed by atoms with Gasteiger partial charge in [0.2, 0.25) is 11.8 Å². The fourth-order valence-corrected chi connectivity index (χ4v) is 3.70. The molecule has 6 heteroatoms. The van der Waals surface area contributed by atoms with Crippen molar-refractivity contribution >= 4 is 35.0 Å². The van der Waals surface area contributed by atoms with Gasteiger partial charge in [-0.2, -0.15) is 0 Å². The molecule has 0 heterocycles. The van der Waals surface area contributed by atoms with Gasteiger partial charge in [-0.05, 0) is 54.0 Å². The SMILES string of the molecule is CCCNC(=O)C(C)N(Cc1ccc(Cl)c(Cl)c1)C(=O)CCc1ccc(C(C)(C)C)cc1. The van der Waals surface area contributed by atoms with Crippen LogP contribution in [0.3, 0.4) is 0 Å². The van der Waals surface area contributed by atoms with E-state index in [0.717, 1.165) is 17.5 Å². The standard InChI is InChI=1S/C26H34Cl2N2O2/c1-6-15-29-25(32)18(2)30(17-20-9-13-22(27)23(28)16-20)24(31)14-10-19-7-11-21(12-8-19)26(3,4)5/h7-9,11-13,16,18H,6,10,14-15,17H2,1-5H3,(H,29,32). The maximum absolute atomic E-state index is 13.2. The summed E-state index contributed by atoms with van der Waals surface area (Å²) in [6.07, 6.45) is 1.77. The molecule has 174 valence electrons. The number of amides is 2. The molecular weight excluding hydrogens is 443 g/mol. The summed E-state index contributed by atoms with van der Waals surface area (Å²) >= 11 is 12.2. The predicted octanol–water partition coefficient (Wildman–Crippen LogP) is 6.17. The number of carbonyl (C=O) groups is 2. The molecule has 2 rings (SSSR count). The van der Waals surface area contributed by atoms with Crippen LogP contribution in [0.15, 0.2) is 42.5 Å². The number of benzene rings is 2. The van der Waals surface area contributed by atoms with Gasteiger partial charge in [-0.15, -0.1) is 0 Å². The third-order valence-electron chi connectivity index (χ3n) is 5.50. The number of nitrogens with one attached hydrogen (secondary N) is 1. The Hall–Kier alpha value is -2.04. The molecule has 0 aliphatic heterocycles. The molecule has 1 N–H and O–H groups in total. The minimum atomic E-state index is -0.591. The van der Waals surface area contributed by atoms with E-state index in [1.807, 2.05) is 13.0 Å².